The molecule has 1 aromatic rings. The molecule has 0 radical (unpaired) electrons. The average molecular weight is 249 g/mol. The van der Waals surface area contributed by atoms with Gasteiger partial charge >= 0.3 is 0 Å². The maximum Gasteiger partial charge on any atom is 0.0807 e. The number of ether oxygens (including phenoxy) is 1. The van der Waals surface area contributed by atoms with Crippen LogP contribution in [0.3, 0.4) is 0 Å². The Bertz CT molecular complexity index is 438. The molecule has 0 bridgehead atoms. The fraction of sp³-hybridized carbons (Fsp3) is 0.733. The van der Waals surface area contributed by atoms with E-state index in [2.05, 4.69) is 24.5 Å². The molecule has 1 fully saturated rings. The van der Waals surface area contributed by atoms with E-state index in [0.717, 1.165) is 38.8 Å². The van der Waals surface area contributed by atoms with Gasteiger partial charge in [0.2, 0.25) is 0 Å². The van der Waals surface area contributed by atoms with Crippen molar-refractivity contribution in [3.05, 3.63) is 23.0 Å². The van der Waals surface area contributed by atoms with E-state index in [1.54, 1.807) is 0 Å². The average Bonchev–Trinajstić information content (AvgIpc) is 2.87. The zero-order valence-corrected chi connectivity index (χ0v) is 11.4. The van der Waals surface area contributed by atoms with Gasteiger partial charge in [-0.25, -0.2) is 0 Å². The van der Waals surface area contributed by atoms with E-state index < -0.39 is 0 Å². The van der Waals surface area contributed by atoms with Gasteiger partial charge in [0.25, 0.3) is 0 Å². The van der Waals surface area contributed by atoms with E-state index >= 15 is 0 Å². The van der Waals surface area contributed by atoms with Gasteiger partial charge in [-0.05, 0) is 45.6 Å². The first-order valence-electron chi connectivity index (χ1n) is 7.15. The number of aliphatic hydroxyl groups excluding tert-OH is 1. The van der Waals surface area contributed by atoms with Gasteiger partial charge in [0.05, 0.1) is 12.2 Å². The second-order valence-electron chi connectivity index (χ2n) is 5.83. The van der Waals surface area contributed by atoms with E-state index in [4.69, 9.17) is 4.74 Å². The molecule has 1 N–H and O–H groups in total. The Morgan fingerprint density at radius 3 is 3.00 bits per heavy atom. The molecule has 1 aromatic heterocycles. The van der Waals surface area contributed by atoms with E-state index in [9.17, 15) is 5.11 Å². The highest BCUT2D eigenvalue weighted by Crippen LogP contribution is 2.33. The summed E-state index contributed by atoms with van der Waals surface area (Å²) in [5.41, 5.74) is 3.83. The van der Waals surface area contributed by atoms with E-state index in [-0.39, 0.29) is 6.10 Å². The van der Waals surface area contributed by atoms with E-state index in [0.29, 0.717) is 12.0 Å². The number of hydrogen-bond donors (Lipinski definition) is 1. The summed E-state index contributed by atoms with van der Waals surface area (Å²) >= 11 is 0. The summed E-state index contributed by atoms with van der Waals surface area (Å²) in [6.45, 7) is 6.29. The second-order valence-corrected chi connectivity index (χ2v) is 5.83. The van der Waals surface area contributed by atoms with Crippen LogP contribution in [0.4, 0.5) is 0 Å². The van der Waals surface area contributed by atoms with Crippen LogP contribution >= 0.6 is 0 Å². The van der Waals surface area contributed by atoms with Crippen molar-refractivity contribution in [2.24, 2.45) is 5.92 Å². The van der Waals surface area contributed by atoms with Gasteiger partial charge in [-0.2, -0.15) is 0 Å². The standard InChI is InChI=1S/C15H23NO2/c1-10-8-13-14(4-3-5-15(13)17)16(10)9-12-6-7-18-11(12)2/h8,11-12,15,17H,3-7,9H2,1-2H3. The molecular weight excluding hydrogens is 226 g/mol. The third kappa shape index (κ3) is 1.99. The molecule has 100 valence electrons. The molecule has 1 aliphatic heterocycles. The fourth-order valence-corrected chi connectivity index (χ4v) is 3.45. The van der Waals surface area contributed by atoms with E-state index in [1.165, 1.54) is 17.0 Å². The Kier molecular flexibility index (Phi) is 3.20. The smallest absolute Gasteiger partial charge is 0.0807 e. The first-order valence-corrected chi connectivity index (χ1v) is 7.15. The molecule has 0 saturated carbocycles. The molecule has 3 atom stereocenters. The predicted molar refractivity (Wildman–Crippen MR) is 70.6 cm³/mol. The van der Waals surface area contributed by atoms with Gasteiger partial charge in [0, 0.05) is 36.0 Å². The van der Waals surface area contributed by atoms with Crippen LogP contribution in [-0.2, 0) is 17.7 Å². The molecule has 3 nitrogen and oxygen atoms in total. The Balaban J connectivity index is 1.87. The highest BCUT2D eigenvalue weighted by atomic mass is 16.5. The van der Waals surface area contributed by atoms with Crippen molar-refractivity contribution in [1.82, 2.24) is 4.57 Å². The molecule has 0 aromatic carbocycles. The van der Waals surface area contributed by atoms with Gasteiger partial charge in [0.15, 0.2) is 0 Å². The van der Waals surface area contributed by atoms with Crippen LogP contribution < -0.4 is 0 Å². The van der Waals surface area contributed by atoms with Crippen LogP contribution in [0.25, 0.3) is 0 Å². The Hall–Kier alpha value is -0.800. The van der Waals surface area contributed by atoms with Gasteiger partial charge in [0.1, 0.15) is 0 Å². The van der Waals surface area contributed by atoms with Gasteiger partial charge < -0.3 is 14.4 Å². The fourth-order valence-electron chi connectivity index (χ4n) is 3.45. The third-order valence-corrected chi connectivity index (χ3v) is 4.65. The molecule has 2 heterocycles. The van der Waals surface area contributed by atoms with Crippen molar-refractivity contribution in [3.8, 4) is 0 Å². The number of fused-ring (bicyclic) bond motifs is 1. The number of nitrogens with zero attached hydrogens (tertiary/aromatic N) is 1. The Morgan fingerprint density at radius 2 is 2.28 bits per heavy atom. The molecule has 18 heavy (non-hydrogen) atoms. The largest absolute Gasteiger partial charge is 0.388 e. The third-order valence-electron chi connectivity index (χ3n) is 4.65. The maximum atomic E-state index is 10.1. The normalized spacial score (nSPS) is 31.6. The number of rotatable bonds is 2. The molecule has 0 amide bonds. The minimum absolute atomic E-state index is 0.244. The van der Waals surface area contributed by atoms with Crippen LogP contribution in [0.5, 0.6) is 0 Å². The lowest BCUT2D eigenvalue weighted by Crippen LogP contribution is -2.21. The quantitative estimate of drug-likeness (QED) is 0.874. The van der Waals surface area contributed by atoms with Gasteiger partial charge in [-0.3, -0.25) is 0 Å². The summed E-state index contributed by atoms with van der Waals surface area (Å²) < 4.78 is 8.08. The van der Waals surface area contributed by atoms with Gasteiger partial charge in [-0.1, -0.05) is 0 Å². The molecule has 3 rings (SSSR count). The monoisotopic (exact) mass is 249 g/mol. The first kappa shape index (κ1) is 12.2. The van der Waals surface area contributed by atoms with Crippen LogP contribution in [0.1, 0.15) is 49.2 Å². The van der Waals surface area contributed by atoms with Crippen LogP contribution in [0.15, 0.2) is 6.07 Å². The molecule has 2 aliphatic rings. The summed E-state index contributed by atoms with van der Waals surface area (Å²) in [6, 6.07) is 2.18. The zero-order chi connectivity index (χ0) is 12.7. The second kappa shape index (κ2) is 4.71. The summed E-state index contributed by atoms with van der Waals surface area (Å²) in [4.78, 5) is 0. The van der Waals surface area contributed by atoms with Crippen molar-refractivity contribution in [2.45, 2.75) is 58.3 Å². The van der Waals surface area contributed by atoms with Crippen molar-refractivity contribution in [1.29, 1.82) is 0 Å². The van der Waals surface area contributed by atoms with Crippen LogP contribution in [0, 0.1) is 12.8 Å². The first-order chi connectivity index (χ1) is 8.66. The topological polar surface area (TPSA) is 34.4 Å². The number of aryl methyl sites for hydroxylation is 1. The van der Waals surface area contributed by atoms with Crippen LogP contribution in [-0.4, -0.2) is 22.4 Å². The van der Waals surface area contributed by atoms with Crippen LogP contribution in [0.2, 0.25) is 0 Å². The lowest BCUT2D eigenvalue weighted by Gasteiger charge is -2.23. The zero-order valence-electron chi connectivity index (χ0n) is 11.4. The molecule has 3 heteroatoms. The minimum Gasteiger partial charge on any atom is -0.388 e. The lowest BCUT2D eigenvalue weighted by molar-refractivity contribution is 0.101. The molecular formula is C15H23NO2. The maximum absolute atomic E-state index is 10.1. The predicted octanol–water partition coefficient (Wildman–Crippen LogP) is 2.59. The van der Waals surface area contributed by atoms with Crippen molar-refractivity contribution in [2.75, 3.05) is 6.61 Å². The van der Waals surface area contributed by atoms with Crippen molar-refractivity contribution < 1.29 is 9.84 Å². The van der Waals surface area contributed by atoms with Gasteiger partial charge in [-0.15, -0.1) is 0 Å². The number of hydrogen-bond acceptors (Lipinski definition) is 2. The molecule has 1 aliphatic carbocycles. The van der Waals surface area contributed by atoms with Crippen molar-refractivity contribution >= 4 is 0 Å². The summed E-state index contributed by atoms with van der Waals surface area (Å²) in [5.74, 6) is 0.624. The summed E-state index contributed by atoms with van der Waals surface area (Å²) in [5, 5.41) is 10.1. The molecule has 1 saturated heterocycles. The SMILES string of the molecule is Cc1cc2c(n1CC1CCOC1C)CCCC2O. The summed E-state index contributed by atoms with van der Waals surface area (Å²) in [6.07, 6.45) is 4.42. The Labute approximate surface area is 109 Å². The molecule has 3 unspecified atom stereocenters. The number of aromatic nitrogens is 1. The van der Waals surface area contributed by atoms with Crippen molar-refractivity contribution in [3.63, 3.8) is 0 Å². The minimum atomic E-state index is -0.244. The highest BCUT2D eigenvalue weighted by molar-refractivity contribution is 5.31. The lowest BCUT2D eigenvalue weighted by atomic mass is 9.95. The molecule has 0 spiro atoms. The Morgan fingerprint density at radius 1 is 1.44 bits per heavy atom. The highest BCUT2D eigenvalue weighted by Gasteiger charge is 2.28. The summed E-state index contributed by atoms with van der Waals surface area (Å²) in [7, 11) is 0. The number of aliphatic hydroxyl groups is 1. The van der Waals surface area contributed by atoms with E-state index in [1.807, 2.05) is 0 Å².